The Morgan fingerprint density at radius 1 is 1.86 bits per heavy atom. The van der Waals surface area contributed by atoms with Crippen molar-refractivity contribution in [2.45, 2.75) is 13.3 Å². The fourth-order valence-electron chi connectivity index (χ4n) is 1.25. The van der Waals surface area contributed by atoms with Crippen LogP contribution in [0.15, 0.2) is 22.6 Å². The molecule has 0 aromatic rings. The normalized spacial score (nSPS) is 21.9. The molecule has 0 spiro atoms. The van der Waals surface area contributed by atoms with E-state index in [1.54, 1.807) is 6.92 Å². The molecule has 14 heavy (non-hydrogen) atoms. The minimum absolute atomic E-state index is 0.203. The summed E-state index contributed by atoms with van der Waals surface area (Å²) in [4.78, 5) is 10.8. The van der Waals surface area contributed by atoms with Crippen LogP contribution >= 0.6 is 11.6 Å². The summed E-state index contributed by atoms with van der Waals surface area (Å²) in [6, 6.07) is 0. The molecule has 0 aliphatic heterocycles. The lowest BCUT2D eigenvalue weighted by Crippen LogP contribution is -2.22. The molecular weight excluding hydrogens is 206 g/mol. The predicted molar refractivity (Wildman–Crippen MR) is 52.5 cm³/mol. The zero-order chi connectivity index (χ0) is 10.7. The van der Waals surface area contributed by atoms with Gasteiger partial charge in [-0.15, -0.1) is 0 Å². The first-order valence-corrected chi connectivity index (χ1v) is 4.65. The van der Waals surface area contributed by atoms with Gasteiger partial charge in [0.05, 0.1) is 6.61 Å². The Morgan fingerprint density at radius 2 is 2.50 bits per heavy atom. The largest absolute Gasteiger partial charge is 0.497 e. The predicted octanol–water partition coefficient (Wildman–Crippen LogP) is 1.42. The molecule has 0 amide bonds. The summed E-state index contributed by atoms with van der Waals surface area (Å²) in [6.45, 7) is 2.20. The average molecular weight is 218 g/mol. The highest BCUT2D eigenvalue weighted by molar-refractivity contribution is 6.30. The van der Waals surface area contributed by atoms with Gasteiger partial charge in [-0.3, -0.25) is 4.79 Å². The third-order valence-electron chi connectivity index (χ3n) is 1.95. The van der Waals surface area contributed by atoms with Gasteiger partial charge in [-0.2, -0.15) is 0 Å². The van der Waals surface area contributed by atoms with Gasteiger partial charge in [-0.25, -0.2) is 0 Å². The minimum atomic E-state index is -0.949. The lowest BCUT2D eigenvalue weighted by molar-refractivity contribution is -0.141. The van der Waals surface area contributed by atoms with Gasteiger partial charge in [-0.05, 0) is 6.92 Å². The fraction of sp³-hybridized carbons (Fsp3) is 0.444. The monoisotopic (exact) mass is 217 g/mol. The van der Waals surface area contributed by atoms with Crippen molar-refractivity contribution in [2.75, 3.05) is 6.61 Å². The van der Waals surface area contributed by atoms with Crippen LogP contribution in [0.1, 0.15) is 13.3 Å². The van der Waals surface area contributed by atoms with Crippen molar-refractivity contribution in [2.24, 2.45) is 11.7 Å². The van der Waals surface area contributed by atoms with Crippen molar-refractivity contribution in [1.82, 2.24) is 0 Å². The van der Waals surface area contributed by atoms with Gasteiger partial charge >= 0.3 is 5.97 Å². The van der Waals surface area contributed by atoms with E-state index in [4.69, 9.17) is 27.2 Å². The molecule has 5 heteroatoms. The van der Waals surface area contributed by atoms with Gasteiger partial charge in [0, 0.05) is 23.2 Å². The number of aliphatic carboxylic acids is 1. The maximum atomic E-state index is 10.8. The van der Waals surface area contributed by atoms with Crippen LogP contribution in [-0.4, -0.2) is 17.7 Å². The summed E-state index contributed by atoms with van der Waals surface area (Å²) in [5.41, 5.74) is 5.94. The van der Waals surface area contributed by atoms with E-state index in [-0.39, 0.29) is 6.42 Å². The molecule has 1 aliphatic rings. The van der Waals surface area contributed by atoms with Crippen LogP contribution in [0.2, 0.25) is 0 Å². The third kappa shape index (κ3) is 2.20. The number of carboxylic acids is 1. The van der Waals surface area contributed by atoms with Crippen LogP contribution in [0.5, 0.6) is 0 Å². The lowest BCUT2D eigenvalue weighted by Gasteiger charge is -2.21. The Labute approximate surface area is 87.0 Å². The van der Waals surface area contributed by atoms with Crippen LogP contribution in [0.25, 0.3) is 0 Å². The highest BCUT2D eigenvalue weighted by Crippen LogP contribution is 2.30. The summed E-state index contributed by atoms with van der Waals surface area (Å²) in [7, 11) is 0. The van der Waals surface area contributed by atoms with Crippen LogP contribution in [0.4, 0.5) is 0 Å². The molecule has 78 valence electrons. The zero-order valence-corrected chi connectivity index (χ0v) is 8.54. The van der Waals surface area contributed by atoms with Crippen LogP contribution in [0, 0.1) is 5.92 Å². The molecule has 0 saturated carbocycles. The molecule has 1 aliphatic carbocycles. The van der Waals surface area contributed by atoms with E-state index in [0.717, 1.165) is 0 Å². The van der Waals surface area contributed by atoms with Gasteiger partial charge in [-0.1, -0.05) is 11.6 Å². The average Bonchev–Trinajstić information content (AvgIpc) is 2.11. The topological polar surface area (TPSA) is 72.5 Å². The molecule has 0 radical (unpaired) electrons. The number of rotatable bonds is 3. The summed E-state index contributed by atoms with van der Waals surface area (Å²) in [5, 5.41) is 9.27. The van der Waals surface area contributed by atoms with E-state index >= 15 is 0 Å². The number of nitrogens with two attached hydrogens (primary N) is 1. The second-order valence-electron chi connectivity index (χ2n) is 2.93. The molecule has 1 rings (SSSR count). The van der Waals surface area contributed by atoms with E-state index in [1.807, 2.05) is 0 Å². The summed E-state index contributed by atoms with van der Waals surface area (Å²) in [5.74, 6) is -1.29. The molecule has 1 atom stereocenters. The first kappa shape index (κ1) is 10.9. The standard InChI is InChI=1S/C9H12ClNO3/c1-2-14-8-4-7(11)6(10)3-5(8)9(12)13/h4-5H,2-3,11H2,1H3,(H,12,13). The second-order valence-corrected chi connectivity index (χ2v) is 3.39. The van der Waals surface area contributed by atoms with Crippen molar-refractivity contribution >= 4 is 17.6 Å². The summed E-state index contributed by atoms with van der Waals surface area (Å²) in [6.07, 6.45) is 1.68. The van der Waals surface area contributed by atoms with Gasteiger partial charge in [0.25, 0.3) is 0 Å². The molecule has 0 aromatic heterocycles. The summed E-state index contributed by atoms with van der Waals surface area (Å²) < 4.78 is 5.18. The number of halogens is 1. The lowest BCUT2D eigenvalue weighted by atomic mass is 9.97. The molecular formula is C9H12ClNO3. The highest BCUT2D eigenvalue weighted by atomic mass is 35.5. The van der Waals surface area contributed by atoms with Crippen molar-refractivity contribution in [1.29, 1.82) is 0 Å². The van der Waals surface area contributed by atoms with E-state index in [9.17, 15) is 4.79 Å². The van der Waals surface area contributed by atoms with Gasteiger partial charge in [0.1, 0.15) is 11.7 Å². The second kappa shape index (κ2) is 4.37. The SMILES string of the molecule is CCOC1=CC(N)=C(Cl)CC1C(=O)O. The Morgan fingerprint density at radius 3 is 3.00 bits per heavy atom. The highest BCUT2D eigenvalue weighted by Gasteiger charge is 2.28. The van der Waals surface area contributed by atoms with E-state index in [0.29, 0.717) is 23.1 Å². The molecule has 0 bridgehead atoms. The van der Waals surface area contributed by atoms with Crippen molar-refractivity contribution in [3.05, 3.63) is 22.6 Å². The van der Waals surface area contributed by atoms with Crippen molar-refractivity contribution < 1.29 is 14.6 Å². The third-order valence-corrected chi connectivity index (χ3v) is 2.32. The maximum absolute atomic E-state index is 10.8. The Balaban J connectivity index is 2.92. The number of carboxylic acid groups (broad SMARTS) is 1. The Hall–Kier alpha value is -1.16. The number of hydrogen-bond acceptors (Lipinski definition) is 3. The fourth-order valence-corrected chi connectivity index (χ4v) is 1.46. The number of ether oxygens (including phenoxy) is 1. The quantitative estimate of drug-likeness (QED) is 0.750. The van der Waals surface area contributed by atoms with Crippen LogP contribution in [0.3, 0.4) is 0 Å². The van der Waals surface area contributed by atoms with Gasteiger partial charge in [0.15, 0.2) is 0 Å². The molecule has 3 N–H and O–H groups in total. The van der Waals surface area contributed by atoms with E-state index in [1.165, 1.54) is 6.08 Å². The van der Waals surface area contributed by atoms with Gasteiger partial charge in [0.2, 0.25) is 0 Å². The van der Waals surface area contributed by atoms with Crippen molar-refractivity contribution in [3.8, 4) is 0 Å². The van der Waals surface area contributed by atoms with Crippen LogP contribution < -0.4 is 5.73 Å². The van der Waals surface area contributed by atoms with Gasteiger partial charge < -0.3 is 15.6 Å². The van der Waals surface area contributed by atoms with Crippen LogP contribution in [-0.2, 0) is 9.53 Å². The number of carbonyl (C=O) groups is 1. The molecule has 1 unspecified atom stereocenters. The molecule has 0 heterocycles. The maximum Gasteiger partial charge on any atom is 0.314 e. The first-order valence-electron chi connectivity index (χ1n) is 4.27. The Bertz CT molecular complexity index is 309. The smallest absolute Gasteiger partial charge is 0.314 e. The first-order chi connectivity index (χ1) is 6.56. The van der Waals surface area contributed by atoms with E-state index in [2.05, 4.69) is 0 Å². The number of hydrogen-bond donors (Lipinski definition) is 2. The molecule has 0 aromatic carbocycles. The Kier molecular flexibility index (Phi) is 3.41. The zero-order valence-electron chi connectivity index (χ0n) is 7.79. The molecule has 0 saturated heterocycles. The van der Waals surface area contributed by atoms with E-state index < -0.39 is 11.9 Å². The number of allylic oxidation sites excluding steroid dienone is 2. The molecule has 4 nitrogen and oxygen atoms in total. The minimum Gasteiger partial charge on any atom is -0.497 e. The summed E-state index contributed by atoms with van der Waals surface area (Å²) >= 11 is 5.76. The molecule has 0 fully saturated rings. The van der Waals surface area contributed by atoms with Crippen molar-refractivity contribution in [3.63, 3.8) is 0 Å².